The monoisotopic (exact) mass is 306 g/mol. The molecule has 3 aliphatic carbocycles. The molecule has 4 fully saturated rings. The first-order valence-electron chi connectivity index (χ1n) is 9.32. The van der Waals surface area contributed by atoms with E-state index in [1.807, 2.05) is 0 Å². The molecule has 0 amide bonds. The molecule has 0 spiro atoms. The molecule has 0 aromatic rings. The maximum Gasteiger partial charge on any atom is 0.306 e. The minimum atomic E-state index is -0.201. The van der Waals surface area contributed by atoms with Gasteiger partial charge in [-0.3, -0.25) is 4.79 Å². The van der Waals surface area contributed by atoms with Gasteiger partial charge in [0, 0.05) is 12.3 Å². The Balaban J connectivity index is 1.61. The Bertz CT molecular complexity index is 475. The Hall–Kier alpha value is -0.570. The molecule has 0 aromatic heterocycles. The third-order valence-electron chi connectivity index (χ3n) is 7.98. The molecule has 0 aromatic carbocycles. The lowest BCUT2D eigenvalue weighted by molar-refractivity contribution is -0.204. The standard InChI is InChI=1S/C19H30O3/c1-18-9-7-13(20)11-12(18)3-4-14-15(18)8-10-19(2)16(14)5-6-17(21)22-19/h12-16,20H,3-11H2,1-2H3/t12-,13+,14+,15-,16-,18-,19-/m0/s1. The predicted octanol–water partition coefficient (Wildman–Crippen LogP) is 3.69. The van der Waals surface area contributed by atoms with Crippen LogP contribution in [-0.2, 0) is 9.53 Å². The highest BCUT2D eigenvalue weighted by Gasteiger charge is 2.58. The van der Waals surface area contributed by atoms with Gasteiger partial charge in [0.05, 0.1) is 6.10 Å². The van der Waals surface area contributed by atoms with Crippen molar-refractivity contribution in [3.05, 3.63) is 0 Å². The fraction of sp³-hybridized carbons (Fsp3) is 0.947. The summed E-state index contributed by atoms with van der Waals surface area (Å²) in [4.78, 5) is 11.8. The van der Waals surface area contributed by atoms with E-state index in [1.54, 1.807) is 0 Å². The molecule has 1 saturated heterocycles. The zero-order valence-electron chi connectivity index (χ0n) is 14.0. The van der Waals surface area contributed by atoms with Crippen LogP contribution >= 0.6 is 0 Å². The largest absolute Gasteiger partial charge is 0.459 e. The fourth-order valence-corrected chi connectivity index (χ4v) is 6.75. The lowest BCUT2D eigenvalue weighted by atomic mass is 9.46. The van der Waals surface area contributed by atoms with Gasteiger partial charge in [0.1, 0.15) is 5.60 Å². The van der Waals surface area contributed by atoms with E-state index in [2.05, 4.69) is 13.8 Å². The van der Waals surface area contributed by atoms with E-state index in [1.165, 1.54) is 25.7 Å². The minimum Gasteiger partial charge on any atom is -0.459 e. The third-order valence-corrected chi connectivity index (χ3v) is 7.98. The highest BCUT2D eigenvalue weighted by atomic mass is 16.6. The lowest BCUT2D eigenvalue weighted by Crippen LogP contribution is -2.58. The van der Waals surface area contributed by atoms with Crippen molar-refractivity contribution in [2.24, 2.45) is 29.1 Å². The first kappa shape index (κ1) is 15.0. The maximum atomic E-state index is 11.8. The second kappa shape index (κ2) is 4.96. The molecule has 0 unspecified atom stereocenters. The number of aliphatic hydroxyl groups is 1. The highest BCUT2D eigenvalue weighted by Crippen LogP contribution is 2.63. The van der Waals surface area contributed by atoms with Crippen LogP contribution in [-0.4, -0.2) is 22.8 Å². The number of hydrogen-bond donors (Lipinski definition) is 1. The van der Waals surface area contributed by atoms with Gasteiger partial charge >= 0.3 is 5.97 Å². The van der Waals surface area contributed by atoms with Crippen molar-refractivity contribution >= 4 is 5.97 Å². The summed E-state index contributed by atoms with van der Waals surface area (Å²) in [6.07, 6.45) is 9.52. The van der Waals surface area contributed by atoms with Gasteiger partial charge in [-0.25, -0.2) is 0 Å². The molecule has 3 heteroatoms. The first-order valence-corrected chi connectivity index (χ1v) is 9.32. The van der Waals surface area contributed by atoms with Crippen LogP contribution in [0.1, 0.15) is 71.6 Å². The van der Waals surface area contributed by atoms with Gasteiger partial charge < -0.3 is 9.84 Å². The summed E-state index contributed by atoms with van der Waals surface area (Å²) in [6, 6.07) is 0. The fourth-order valence-electron chi connectivity index (χ4n) is 6.75. The molecule has 3 saturated carbocycles. The van der Waals surface area contributed by atoms with Crippen LogP contribution in [0.4, 0.5) is 0 Å². The molecule has 1 aliphatic heterocycles. The van der Waals surface area contributed by atoms with Gasteiger partial charge in [-0.1, -0.05) is 6.92 Å². The molecule has 4 rings (SSSR count). The molecule has 124 valence electrons. The third kappa shape index (κ3) is 2.07. The zero-order chi connectivity index (χ0) is 15.5. The molecule has 1 heterocycles. The van der Waals surface area contributed by atoms with E-state index >= 15 is 0 Å². The summed E-state index contributed by atoms with van der Waals surface area (Å²) in [7, 11) is 0. The highest BCUT2D eigenvalue weighted by molar-refractivity contribution is 5.70. The summed E-state index contributed by atoms with van der Waals surface area (Å²) >= 11 is 0. The summed E-state index contributed by atoms with van der Waals surface area (Å²) in [6.45, 7) is 4.68. The van der Waals surface area contributed by atoms with Crippen molar-refractivity contribution in [3.8, 4) is 0 Å². The molecule has 3 nitrogen and oxygen atoms in total. The molecule has 1 N–H and O–H groups in total. The van der Waals surface area contributed by atoms with Gasteiger partial charge in [0.25, 0.3) is 0 Å². The van der Waals surface area contributed by atoms with E-state index in [4.69, 9.17) is 4.74 Å². The Morgan fingerprint density at radius 2 is 1.86 bits per heavy atom. The number of carbonyl (C=O) groups is 1. The van der Waals surface area contributed by atoms with E-state index in [-0.39, 0.29) is 17.7 Å². The molecule has 0 radical (unpaired) electrons. The van der Waals surface area contributed by atoms with E-state index in [9.17, 15) is 9.90 Å². The average molecular weight is 306 g/mol. The number of hydrogen-bond acceptors (Lipinski definition) is 3. The number of esters is 1. The minimum absolute atomic E-state index is 0.0119. The summed E-state index contributed by atoms with van der Waals surface area (Å²) < 4.78 is 5.83. The van der Waals surface area contributed by atoms with Crippen LogP contribution in [0.3, 0.4) is 0 Å². The Morgan fingerprint density at radius 3 is 2.68 bits per heavy atom. The average Bonchev–Trinajstić information content (AvgIpc) is 2.46. The smallest absolute Gasteiger partial charge is 0.306 e. The van der Waals surface area contributed by atoms with Crippen molar-refractivity contribution in [1.29, 1.82) is 0 Å². The molecule has 4 aliphatic rings. The Kier molecular flexibility index (Phi) is 3.38. The molecule has 0 bridgehead atoms. The molecular weight excluding hydrogens is 276 g/mol. The summed E-state index contributed by atoms with van der Waals surface area (Å²) in [5.74, 6) is 2.77. The lowest BCUT2D eigenvalue weighted by Gasteiger charge is -2.61. The van der Waals surface area contributed by atoms with Gasteiger partial charge in [0.2, 0.25) is 0 Å². The van der Waals surface area contributed by atoms with Crippen LogP contribution in [0.25, 0.3) is 0 Å². The van der Waals surface area contributed by atoms with Gasteiger partial charge in [0.15, 0.2) is 0 Å². The topological polar surface area (TPSA) is 46.5 Å². The van der Waals surface area contributed by atoms with Gasteiger partial charge in [-0.15, -0.1) is 0 Å². The van der Waals surface area contributed by atoms with Crippen LogP contribution in [0.5, 0.6) is 0 Å². The van der Waals surface area contributed by atoms with E-state index in [0.29, 0.717) is 23.7 Å². The Morgan fingerprint density at radius 1 is 1.05 bits per heavy atom. The number of carbonyl (C=O) groups excluding carboxylic acids is 1. The van der Waals surface area contributed by atoms with Crippen LogP contribution in [0.15, 0.2) is 0 Å². The normalized spacial score (nSPS) is 54.7. The van der Waals surface area contributed by atoms with Crippen molar-refractivity contribution in [2.45, 2.75) is 83.3 Å². The van der Waals surface area contributed by atoms with Crippen LogP contribution in [0, 0.1) is 29.1 Å². The van der Waals surface area contributed by atoms with Crippen molar-refractivity contribution < 1.29 is 14.6 Å². The first-order chi connectivity index (χ1) is 10.4. The SMILES string of the molecule is C[C@]12CC[C@@H](O)C[C@@H]1CC[C@@H]1[C@@H]2CC[C@]2(C)OC(=O)CC[C@@H]12. The van der Waals surface area contributed by atoms with E-state index < -0.39 is 0 Å². The van der Waals surface area contributed by atoms with Crippen LogP contribution < -0.4 is 0 Å². The molecular formula is C19H30O3. The van der Waals surface area contributed by atoms with Crippen molar-refractivity contribution in [3.63, 3.8) is 0 Å². The maximum absolute atomic E-state index is 11.8. The number of ether oxygens (including phenoxy) is 1. The van der Waals surface area contributed by atoms with Gasteiger partial charge in [-0.05, 0) is 81.5 Å². The number of aliphatic hydroxyl groups excluding tert-OH is 1. The Labute approximate surface area is 133 Å². The predicted molar refractivity (Wildman–Crippen MR) is 84.1 cm³/mol. The second-order valence-electron chi connectivity index (χ2n) is 8.95. The molecule has 22 heavy (non-hydrogen) atoms. The summed E-state index contributed by atoms with van der Waals surface area (Å²) in [5.41, 5.74) is 0.207. The summed E-state index contributed by atoms with van der Waals surface area (Å²) in [5, 5.41) is 10.1. The van der Waals surface area contributed by atoms with Crippen molar-refractivity contribution in [2.75, 3.05) is 0 Å². The second-order valence-corrected chi connectivity index (χ2v) is 8.95. The van der Waals surface area contributed by atoms with Crippen LogP contribution in [0.2, 0.25) is 0 Å². The van der Waals surface area contributed by atoms with E-state index in [0.717, 1.165) is 37.5 Å². The number of rotatable bonds is 0. The van der Waals surface area contributed by atoms with Crippen molar-refractivity contribution in [1.82, 2.24) is 0 Å². The zero-order valence-corrected chi connectivity index (χ0v) is 14.0. The quantitative estimate of drug-likeness (QED) is 0.694. The number of fused-ring (bicyclic) bond motifs is 5. The van der Waals surface area contributed by atoms with Gasteiger partial charge in [-0.2, -0.15) is 0 Å². The molecule has 7 atom stereocenters.